The van der Waals surface area contributed by atoms with Gasteiger partial charge in [0.15, 0.2) is 0 Å². The quantitative estimate of drug-likeness (QED) is 0.393. The first kappa shape index (κ1) is 26.6. The molecule has 1 aliphatic carbocycles. The molecule has 200 valence electrons. The van der Waals surface area contributed by atoms with E-state index < -0.39 is 0 Å². The van der Waals surface area contributed by atoms with Gasteiger partial charge in [-0.05, 0) is 29.5 Å². The Labute approximate surface area is 225 Å². The minimum absolute atomic E-state index is 0.0587. The first-order chi connectivity index (χ1) is 18.7. The van der Waals surface area contributed by atoms with Gasteiger partial charge in [0.2, 0.25) is 5.91 Å². The zero-order valence-electron chi connectivity index (χ0n) is 21.9. The maximum absolute atomic E-state index is 12.6. The number of fused-ring (bicyclic) bond motifs is 1. The smallest absolute Gasteiger partial charge is 0.222 e. The highest BCUT2D eigenvalue weighted by molar-refractivity contribution is 5.78. The van der Waals surface area contributed by atoms with Gasteiger partial charge in [-0.2, -0.15) is 0 Å². The molecule has 3 aromatic carbocycles. The molecule has 2 fully saturated rings. The lowest BCUT2D eigenvalue weighted by molar-refractivity contribution is -0.238. The molecule has 5 rings (SSSR count). The van der Waals surface area contributed by atoms with Crippen molar-refractivity contribution in [3.8, 4) is 0 Å². The molecule has 0 bridgehead atoms. The Morgan fingerprint density at radius 1 is 0.763 bits per heavy atom. The van der Waals surface area contributed by atoms with Gasteiger partial charge in [-0.1, -0.05) is 91.0 Å². The van der Waals surface area contributed by atoms with Crippen LogP contribution in [0, 0.1) is 11.8 Å². The molecule has 0 aromatic heterocycles. The molecule has 2 aliphatic rings. The molecule has 1 heterocycles. The Morgan fingerprint density at radius 3 is 1.84 bits per heavy atom. The number of carbonyl (C=O) groups excluding carboxylic acids is 1. The van der Waals surface area contributed by atoms with Crippen LogP contribution in [0.25, 0.3) is 0 Å². The molecule has 2 unspecified atom stereocenters. The van der Waals surface area contributed by atoms with Crippen LogP contribution in [-0.4, -0.2) is 44.0 Å². The van der Waals surface area contributed by atoms with Crippen LogP contribution in [-0.2, 0) is 43.6 Å². The molecule has 38 heavy (non-hydrogen) atoms. The summed E-state index contributed by atoms with van der Waals surface area (Å²) in [7, 11) is 1.69. The minimum Gasteiger partial charge on any atom is -0.374 e. The fourth-order valence-corrected chi connectivity index (χ4v) is 5.66. The van der Waals surface area contributed by atoms with Crippen molar-refractivity contribution in [1.29, 1.82) is 0 Å². The van der Waals surface area contributed by atoms with E-state index in [0.29, 0.717) is 39.3 Å². The van der Waals surface area contributed by atoms with Crippen LogP contribution in [0.4, 0.5) is 0 Å². The van der Waals surface area contributed by atoms with Crippen molar-refractivity contribution in [3.05, 3.63) is 108 Å². The van der Waals surface area contributed by atoms with Gasteiger partial charge in [0.1, 0.15) is 12.2 Å². The van der Waals surface area contributed by atoms with Gasteiger partial charge in [-0.3, -0.25) is 4.79 Å². The third-order valence-electron chi connectivity index (χ3n) is 7.59. The first-order valence-corrected chi connectivity index (χ1v) is 13.5. The molecule has 1 saturated heterocycles. The van der Waals surface area contributed by atoms with Crippen LogP contribution in [0.1, 0.15) is 29.5 Å². The van der Waals surface area contributed by atoms with Gasteiger partial charge < -0.3 is 24.3 Å². The van der Waals surface area contributed by atoms with Crippen molar-refractivity contribution in [2.75, 3.05) is 13.7 Å². The van der Waals surface area contributed by atoms with Gasteiger partial charge in [0.05, 0.1) is 38.6 Å². The summed E-state index contributed by atoms with van der Waals surface area (Å²) in [6.07, 6.45) is 0.438. The van der Waals surface area contributed by atoms with Crippen LogP contribution >= 0.6 is 0 Å². The minimum atomic E-state index is -0.334. The van der Waals surface area contributed by atoms with E-state index in [9.17, 15) is 4.79 Å². The number of amides is 1. The van der Waals surface area contributed by atoms with Crippen molar-refractivity contribution >= 4 is 5.91 Å². The number of hydrogen-bond donors (Lipinski definition) is 1. The highest BCUT2D eigenvalue weighted by atomic mass is 16.6. The van der Waals surface area contributed by atoms with Crippen molar-refractivity contribution in [2.24, 2.45) is 11.8 Å². The predicted octanol–water partition coefficient (Wildman–Crippen LogP) is 4.91. The van der Waals surface area contributed by atoms with Crippen LogP contribution < -0.4 is 5.32 Å². The lowest BCUT2D eigenvalue weighted by Gasteiger charge is -2.44. The van der Waals surface area contributed by atoms with Crippen molar-refractivity contribution < 1.29 is 23.7 Å². The summed E-state index contributed by atoms with van der Waals surface area (Å²) in [5.41, 5.74) is 3.31. The van der Waals surface area contributed by atoms with Gasteiger partial charge in [-0.25, -0.2) is 0 Å². The van der Waals surface area contributed by atoms with Gasteiger partial charge >= 0.3 is 0 Å². The Kier molecular flexibility index (Phi) is 9.20. The van der Waals surface area contributed by atoms with Gasteiger partial charge in [-0.15, -0.1) is 0 Å². The summed E-state index contributed by atoms with van der Waals surface area (Å²) in [6.45, 7) is 1.80. The Morgan fingerprint density at radius 2 is 1.29 bits per heavy atom. The van der Waals surface area contributed by atoms with Crippen LogP contribution in [0.2, 0.25) is 0 Å². The maximum Gasteiger partial charge on any atom is 0.222 e. The van der Waals surface area contributed by atoms with E-state index in [1.165, 1.54) is 0 Å². The maximum atomic E-state index is 12.6. The third kappa shape index (κ3) is 6.69. The lowest BCUT2D eigenvalue weighted by Crippen LogP contribution is -2.56. The van der Waals surface area contributed by atoms with E-state index in [4.69, 9.17) is 18.9 Å². The SMILES string of the molecule is CNC(=O)[C@H]1CC2[C@@H](C1)OC(COCc1ccccc1)[C@H](OCc1ccccc1)[C@H]2OCc1ccccc1. The Bertz CT molecular complexity index is 1130. The van der Waals surface area contributed by atoms with Crippen LogP contribution in [0.3, 0.4) is 0 Å². The van der Waals surface area contributed by atoms with Gasteiger partial charge in [0.25, 0.3) is 0 Å². The van der Waals surface area contributed by atoms with E-state index in [-0.39, 0.29) is 42.2 Å². The largest absolute Gasteiger partial charge is 0.374 e. The van der Waals surface area contributed by atoms with E-state index in [1.54, 1.807) is 7.05 Å². The summed E-state index contributed by atoms with van der Waals surface area (Å²) in [6, 6.07) is 30.5. The average Bonchev–Trinajstić information content (AvgIpc) is 3.40. The Balaban J connectivity index is 1.36. The highest BCUT2D eigenvalue weighted by Crippen LogP contribution is 2.43. The van der Waals surface area contributed by atoms with Crippen molar-refractivity contribution in [2.45, 2.75) is 57.1 Å². The molecule has 1 amide bonds. The number of hydrogen-bond acceptors (Lipinski definition) is 5. The molecule has 6 nitrogen and oxygen atoms in total. The first-order valence-electron chi connectivity index (χ1n) is 13.5. The number of nitrogens with one attached hydrogen (secondary N) is 1. The molecular weight excluding hydrogens is 478 g/mol. The monoisotopic (exact) mass is 515 g/mol. The second-order valence-electron chi connectivity index (χ2n) is 10.2. The molecule has 0 spiro atoms. The third-order valence-corrected chi connectivity index (χ3v) is 7.59. The summed E-state index contributed by atoms with van der Waals surface area (Å²) >= 11 is 0. The normalized spacial score (nSPS) is 26.6. The fraction of sp³-hybridized carbons (Fsp3) is 0.406. The molecule has 3 aromatic rings. The molecule has 1 aliphatic heterocycles. The van der Waals surface area contributed by atoms with E-state index in [1.807, 2.05) is 54.6 Å². The zero-order chi connectivity index (χ0) is 26.2. The van der Waals surface area contributed by atoms with E-state index >= 15 is 0 Å². The second-order valence-corrected chi connectivity index (χ2v) is 10.2. The second kappa shape index (κ2) is 13.2. The molecule has 6 atom stereocenters. The van der Waals surface area contributed by atoms with Crippen molar-refractivity contribution in [1.82, 2.24) is 5.32 Å². The number of ether oxygens (including phenoxy) is 4. The molecule has 1 saturated carbocycles. The summed E-state index contributed by atoms with van der Waals surface area (Å²) in [4.78, 5) is 12.6. The van der Waals surface area contributed by atoms with Crippen LogP contribution in [0.5, 0.6) is 0 Å². The molecule has 0 radical (unpaired) electrons. The number of benzene rings is 3. The lowest BCUT2D eigenvalue weighted by atomic mass is 9.87. The predicted molar refractivity (Wildman–Crippen MR) is 145 cm³/mol. The standard InChI is InChI=1S/C32H37NO5/c1-33-32(34)26-17-27-28(18-26)38-29(22-35-19-23-11-5-2-6-12-23)31(37-21-25-15-9-4-10-16-25)30(27)36-20-24-13-7-3-8-14-24/h2-16,26-31H,17-22H2,1H3,(H,33,34)/t26-,27?,28+,29?,30-,31-/m0/s1. The fourth-order valence-electron chi connectivity index (χ4n) is 5.66. The van der Waals surface area contributed by atoms with E-state index in [0.717, 1.165) is 16.7 Å². The van der Waals surface area contributed by atoms with Gasteiger partial charge in [0, 0.05) is 18.9 Å². The molecule has 6 heteroatoms. The highest BCUT2D eigenvalue weighted by Gasteiger charge is 2.52. The van der Waals surface area contributed by atoms with Crippen molar-refractivity contribution in [3.63, 3.8) is 0 Å². The number of rotatable bonds is 11. The topological polar surface area (TPSA) is 66.0 Å². The average molecular weight is 516 g/mol. The molecular formula is C32H37NO5. The van der Waals surface area contributed by atoms with Crippen LogP contribution in [0.15, 0.2) is 91.0 Å². The van der Waals surface area contributed by atoms with E-state index in [2.05, 4.69) is 41.7 Å². The Hall–Kier alpha value is -3.03. The summed E-state index contributed by atoms with van der Waals surface area (Å²) in [5.74, 6) is 0.0205. The zero-order valence-corrected chi connectivity index (χ0v) is 21.9. The summed E-state index contributed by atoms with van der Waals surface area (Å²) in [5, 5.41) is 2.82. The number of carbonyl (C=O) groups is 1. The summed E-state index contributed by atoms with van der Waals surface area (Å²) < 4.78 is 26.0. The molecule has 1 N–H and O–H groups in total.